The van der Waals surface area contributed by atoms with Crippen LogP contribution in [0, 0.1) is 0 Å². The Balaban J connectivity index is 2.36. The fourth-order valence-corrected chi connectivity index (χ4v) is 3.03. The summed E-state index contributed by atoms with van der Waals surface area (Å²) in [5.74, 6) is -1.32. The number of aliphatic hydroxyl groups is 1. The molecule has 0 radical (unpaired) electrons. The molecule has 0 aromatic heterocycles. The second kappa shape index (κ2) is 9.69. The number of carboxylic acid groups (broad SMARTS) is 1. The maximum Gasteiger partial charge on any atom is 0.339 e. The van der Waals surface area contributed by atoms with Gasteiger partial charge in [0.1, 0.15) is 41.4 Å². The van der Waals surface area contributed by atoms with Crippen LogP contribution in [0.3, 0.4) is 0 Å². The lowest BCUT2D eigenvalue weighted by Gasteiger charge is -2.43. The predicted molar refractivity (Wildman–Crippen MR) is 95.5 cm³/mol. The van der Waals surface area contributed by atoms with Gasteiger partial charge in [0.05, 0.1) is 13.7 Å². The van der Waals surface area contributed by atoms with Gasteiger partial charge in [-0.1, -0.05) is 0 Å². The molecule has 5 atom stereocenters. The van der Waals surface area contributed by atoms with Gasteiger partial charge in [0.15, 0.2) is 0 Å². The van der Waals surface area contributed by atoms with Crippen LogP contribution in [0.1, 0.15) is 17.3 Å². The van der Waals surface area contributed by atoms with Gasteiger partial charge in [-0.15, -0.1) is 0 Å². The normalized spacial score (nSPS) is 27.1. The van der Waals surface area contributed by atoms with E-state index in [1.165, 1.54) is 46.5 Å². The van der Waals surface area contributed by atoms with Gasteiger partial charge in [0.25, 0.3) is 0 Å². The highest BCUT2D eigenvalue weighted by molar-refractivity contribution is 5.91. The van der Waals surface area contributed by atoms with Gasteiger partial charge in [-0.2, -0.15) is 0 Å². The molecule has 1 heterocycles. The lowest BCUT2D eigenvalue weighted by atomic mass is 9.96. The second-order valence-electron chi connectivity index (χ2n) is 6.20. The summed E-state index contributed by atoms with van der Waals surface area (Å²) in [7, 11) is 4.28. The van der Waals surface area contributed by atoms with Crippen LogP contribution >= 0.6 is 0 Å². The first kappa shape index (κ1) is 21.9. The maximum atomic E-state index is 11.6. The molecule has 10 heteroatoms. The predicted octanol–water partition coefficient (Wildman–Crippen LogP) is 0.0241. The number of carbonyl (C=O) groups is 2. The van der Waals surface area contributed by atoms with E-state index < -0.39 is 42.5 Å². The van der Waals surface area contributed by atoms with E-state index in [1.807, 2.05) is 0 Å². The van der Waals surface area contributed by atoms with Gasteiger partial charge < -0.3 is 39.2 Å². The summed E-state index contributed by atoms with van der Waals surface area (Å²) in [5, 5.41) is 22.7. The molecule has 1 fully saturated rings. The van der Waals surface area contributed by atoms with Gasteiger partial charge in [0, 0.05) is 21.1 Å². The molecule has 0 spiro atoms. The first-order valence-electron chi connectivity index (χ1n) is 8.52. The van der Waals surface area contributed by atoms with Crippen molar-refractivity contribution in [2.75, 3.05) is 27.9 Å². The van der Waals surface area contributed by atoms with E-state index in [9.17, 15) is 19.8 Å². The molecule has 3 unspecified atom stereocenters. The molecule has 1 aromatic carbocycles. The molecule has 156 valence electrons. The molecular weight excluding hydrogens is 374 g/mol. The van der Waals surface area contributed by atoms with Crippen LogP contribution in [0.4, 0.5) is 0 Å². The third-order valence-electron chi connectivity index (χ3n) is 4.31. The minimum Gasteiger partial charge on any atom is -0.497 e. The van der Waals surface area contributed by atoms with E-state index in [2.05, 4.69) is 5.32 Å². The van der Waals surface area contributed by atoms with Crippen LogP contribution in [-0.4, -0.2) is 80.7 Å². The SMILES string of the molecule is COCC1O[C@@H](Oc2ccc(OC)cc2C(=O)O)C(NC(C)=O)C(O)[C@@H]1OC. The van der Waals surface area contributed by atoms with E-state index in [4.69, 9.17) is 23.7 Å². The molecule has 3 N–H and O–H groups in total. The standard InChI is InChI=1S/C18H25NO9/c1-9(20)19-14-15(21)16(26-4)13(8-24-2)28-18(14)27-12-6-5-10(25-3)7-11(12)17(22)23/h5-7,13-16,18,21H,8H2,1-4H3,(H,19,20)(H,22,23)/t13?,14?,15?,16-,18-/m1/s1. The van der Waals surface area contributed by atoms with Crippen molar-refractivity contribution in [1.29, 1.82) is 0 Å². The molecule has 1 amide bonds. The van der Waals surface area contributed by atoms with Gasteiger partial charge >= 0.3 is 5.97 Å². The van der Waals surface area contributed by atoms with Gasteiger partial charge in [-0.3, -0.25) is 4.79 Å². The van der Waals surface area contributed by atoms with E-state index in [-0.39, 0.29) is 17.9 Å². The number of methoxy groups -OCH3 is 3. The third-order valence-corrected chi connectivity index (χ3v) is 4.31. The Hall–Kier alpha value is -2.40. The highest BCUT2D eigenvalue weighted by atomic mass is 16.7. The molecule has 0 aliphatic carbocycles. The Labute approximate surface area is 162 Å². The third kappa shape index (κ3) is 4.90. The summed E-state index contributed by atoms with van der Waals surface area (Å²) in [5.41, 5.74) is -0.156. The number of carboxylic acids is 1. The number of benzene rings is 1. The highest BCUT2D eigenvalue weighted by Gasteiger charge is 2.47. The summed E-state index contributed by atoms with van der Waals surface area (Å²) in [6.07, 6.45) is -3.85. The Morgan fingerprint density at radius 2 is 1.96 bits per heavy atom. The molecule has 28 heavy (non-hydrogen) atoms. The van der Waals surface area contributed by atoms with Crippen molar-refractivity contribution < 1.29 is 43.5 Å². The van der Waals surface area contributed by atoms with Crippen molar-refractivity contribution in [3.63, 3.8) is 0 Å². The van der Waals surface area contributed by atoms with Crippen LogP contribution in [0.2, 0.25) is 0 Å². The van der Waals surface area contributed by atoms with Crippen molar-refractivity contribution in [3.8, 4) is 11.5 Å². The Morgan fingerprint density at radius 3 is 2.50 bits per heavy atom. The zero-order chi connectivity index (χ0) is 20.8. The number of hydrogen-bond acceptors (Lipinski definition) is 8. The van der Waals surface area contributed by atoms with Gasteiger partial charge in [0.2, 0.25) is 12.2 Å². The minimum absolute atomic E-state index is 0.00659. The number of hydrogen-bond donors (Lipinski definition) is 3. The summed E-state index contributed by atoms with van der Waals surface area (Å²) in [4.78, 5) is 23.2. The summed E-state index contributed by atoms with van der Waals surface area (Å²) >= 11 is 0. The summed E-state index contributed by atoms with van der Waals surface area (Å²) < 4.78 is 27.0. The quantitative estimate of drug-likeness (QED) is 0.553. The number of amides is 1. The molecule has 2 rings (SSSR count). The van der Waals surface area contributed by atoms with E-state index >= 15 is 0 Å². The topological polar surface area (TPSA) is 133 Å². The average molecular weight is 399 g/mol. The molecule has 1 saturated heterocycles. The Kier molecular flexibility index (Phi) is 7.58. The largest absolute Gasteiger partial charge is 0.497 e. The molecule has 0 saturated carbocycles. The van der Waals surface area contributed by atoms with Crippen LogP contribution in [-0.2, 0) is 19.0 Å². The molecule has 1 aromatic rings. The van der Waals surface area contributed by atoms with Crippen molar-refractivity contribution >= 4 is 11.9 Å². The van der Waals surface area contributed by atoms with Crippen LogP contribution in [0.25, 0.3) is 0 Å². The van der Waals surface area contributed by atoms with E-state index in [0.29, 0.717) is 5.75 Å². The Bertz CT molecular complexity index is 696. The monoisotopic (exact) mass is 399 g/mol. The number of nitrogens with one attached hydrogen (secondary N) is 1. The number of rotatable bonds is 8. The molecule has 10 nitrogen and oxygen atoms in total. The minimum atomic E-state index is -1.23. The van der Waals surface area contributed by atoms with Crippen LogP contribution in [0.15, 0.2) is 18.2 Å². The van der Waals surface area contributed by atoms with Crippen molar-refractivity contribution in [1.82, 2.24) is 5.32 Å². The number of aliphatic hydroxyl groups excluding tert-OH is 1. The zero-order valence-electron chi connectivity index (χ0n) is 16.1. The van der Waals surface area contributed by atoms with Crippen molar-refractivity contribution in [2.45, 2.75) is 37.6 Å². The Morgan fingerprint density at radius 1 is 1.25 bits per heavy atom. The van der Waals surface area contributed by atoms with E-state index in [0.717, 1.165) is 0 Å². The number of ether oxygens (including phenoxy) is 5. The number of aromatic carboxylic acids is 1. The lowest BCUT2D eigenvalue weighted by Crippen LogP contribution is -2.65. The van der Waals surface area contributed by atoms with Gasteiger partial charge in [-0.25, -0.2) is 4.79 Å². The van der Waals surface area contributed by atoms with Crippen molar-refractivity contribution in [3.05, 3.63) is 23.8 Å². The van der Waals surface area contributed by atoms with Crippen LogP contribution < -0.4 is 14.8 Å². The maximum absolute atomic E-state index is 11.6. The first-order chi connectivity index (χ1) is 13.3. The second-order valence-corrected chi connectivity index (χ2v) is 6.20. The first-order valence-corrected chi connectivity index (χ1v) is 8.52. The molecule has 1 aliphatic rings. The summed E-state index contributed by atoms with van der Waals surface area (Å²) in [6.45, 7) is 1.37. The fourth-order valence-electron chi connectivity index (χ4n) is 3.03. The van der Waals surface area contributed by atoms with Crippen molar-refractivity contribution in [2.24, 2.45) is 0 Å². The zero-order valence-corrected chi connectivity index (χ0v) is 16.1. The van der Waals surface area contributed by atoms with E-state index in [1.54, 1.807) is 0 Å². The van der Waals surface area contributed by atoms with Crippen LogP contribution in [0.5, 0.6) is 11.5 Å². The molecule has 1 aliphatic heterocycles. The summed E-state index contributed by atoms with van der Waals surface area (Å²) in [6, 6.07) is 3.24. The lowest BCUT2D eigenvalue weighted by molar-refractivity contribution is -0.251. The molecular formula is C18H25NO9. The number of carbonyl (C=O) groups excluding carboxylic acids is 1. The highest BCUT2D eigenvalue weighted by Crippen LogP contribution is 2.30. The molecule has 0 bridgehead atoms. The van der Waals surface area contributed by atoms with Gasteiger partial charge in [-0.05, 0) is 18.2 Å². The average Bonchev–Trinajstić information content (AvgIpc) is 2.65. The fraction of sp³-hybridized carbons (Fsp3) is 0.556. The smallest absolute Gasteiger partial charge is 0.339 e.